The molecule has 0 N–H and O–H groups in total. The van der Waals surface area contributed by atoms with Gasteiger partial charge in [0.2, 0.25) is 0 Å². The number of carbonyl (C=O) groups excluding carboxylic acids is 1. The van der Waals surface area contributed by atoms with Crippen LogP contribution in [-0.4, -0.2) is 18.0 Å². The van der Waals surface area contributed by atoms with Crippen LogP contribution in [0.25, 0.3) is 0 Å². The van der Waals surface area contributed by atoms with Gasteiger partial charge in [-0.15, -0.1) is 0 Å². The lowest BCUT2D eigenvalue weighted by Gasteiger charge is -2.04. The highest BCUT2D eigenvalue weighted by Gasteiger charge is 2.32. The molecule has 0 aromatic heterocycles. The fraction of sp³-hybridized carbons (Fsp3) is 0.364. The predicted molar refractivity (Wildman–Crippen MR) is 56.0 cm³/mol. The molecular weight excluding hydrogens is 210 g/mol. The molecule has 0 heterocycles. The van der Waals surface area contributed by atoms with Crippen LogP contribution < -0.4 is 0 Å². The average Bonchev–Trinajstić information content (AvgIpc) is 2.70. The number of hydrogen-bond acceptors (Lipinski definition) is 4. The molecule has 0 aliphatic heterocycles. The summed E-state index contributed by atoms with van der Waals surface area (Å²) in [7, 11) is 1.33. The largest absolute Gasteiger partial charge is 0.469 e. The highest BCUT2D eigenvalue weighted by Crippen LogP contribution is 2.33. The summed E-state index contributed by atoms with van der Waals surface area (Å²) in [4.78, 5) is 21.8. The van der Waals surface area contributed by atoms with E-state index in [1.165, 1.54) is 13.2 Å². The van der Waals surface area contributed by atoms with Gasteiger partial charge in [0.15, 0.2) is 0 Å². The Morgan fingerprint density at radius 3 is 2.88 bits per heavy atom. The maximum Gasteiger partial charge on any atom is 0.309 e. The van der Waals surface area contributed by atoms with Crippen molar-refractivity contribution in [3.05, 3.63) is 39.4 Å². The molecule has 1 aromatic carbocycles. The number of nitro benzene ring substituents is 1. The molecule has 5 nitrogen and oxygen atoms in total. The maximum atomic E-state index is 11.4. The molecule has 16 heavy (non-hydrogen) atoms. The standard InChI is InChI=1S/C11H11NO4/c1-16-11(13)8-5-7-3-2-4-10(12(14)15)9(7)6-8/h2-4,8H,5-6H2,1H3/t8-/m1/s1. The average molecular weight is 221 g/mol. The van der Waals surface area contributed by atoms with Gasteiger partial charge >= 0.3 is 5.97 Å². The van der Waals surface area contributed by atoms with E-state index in [0.717, 1.165) is 5.56 Å². The SMILES string of the molecule is COC(=O)[C@@H]1Cc2cccc([N+](=O)[O-])c2C1. The summed E-state index contributed by atoms with van der Waals surface area (Å²) < 4.78 is 4.66. The van der Waals surface area contributed by atoms with Gasteiger partial charge < -0.3 is 4.74 Å². The Hall–Kier alpha value is -1.91. The van der Waals surface area contributed by atoms with Crippen molar-refractivity contribution in [2.45, 2.75) is 12.8 Å². The Kier molecular flexibility index (Phi) is 2.60. The van der Waals surface area contributed by atoms with Gasteiger partial charge in [-0.05, 0) is 18.4 Å². The summed E-state index contributed by atoms with van der Waals surface area (Å²) in [5.74, 6) is -0.577. The molecule has 0 fully saturated rings. The van der Waals surface area contributed by atoms with E-state index in [-0.39, 0.29) is 17.6 Å². The molecular formula is C11H11NO4. The Labute approximate surface area is 92.2 Å². The molecule has 1 aromatic rings. The van der Waals surface area contributed by atoms with Gasteiger partial charge in [0, 0.05) is 11.6 Å². The minimum Gasteiger partial charge on any atom is -0.469 e. The number of carbonyl (C=O) groups is 1. The Morgan fingerprint density at radius 2 is 2.25 bits per heavy atom. The van der Waals surface area contributed by atoms with Crippen LogP contribution in [0.5, 0.6) is 0 Å². The fourth-order valence-electron chi connectivity index (χ4n) is 2.14. The summed E-state index contributed by atoms with van der Waals surface area (Å²) in [6.45, 7) is 0. The molecule has 1 aliphatic rings. The molecule has 0 radical (unpaired) electrons. The molecule has 0 bridgehead atoms. The smallest absolute Gasteiger partial charge is 0.309 e. The minimum atomic E-state index is -0.404. The second-order valence-corrected chi connectivity index (χ2v) is 3.80. The third-order valence-electron chi connectivity index (χ3n) is 2.90. The quantitative estimate of drug-likeness (QED) is 0.431. The lowest BCUT2D eigenvalue weighted by molar-refractivity contribution is -0.385. The number of methoxy groups -OCH3 is 1. The first-order chi connectivity index (χ1) is 7.63. The van der Waals surface area contributed by atoms with Gasteiger partial charge in [0.25, 0.3) is 5.69 Å². The van der Waals surface area contributed by atoms with E-state index in [4.69, 9.17) is 0 Å². The fourth-order valence-corrected chi connectivity index (χ4v) is 2.14. The molecule has 1 atom stereocenters. The van der Waals surface area contributed by atoms with Crippen LogP contribution in [0, 0.1) is 16.0 Å². The van der Waals surface area contributed by atoms with E-state index < -0.39 is 4.92 Å². The lowest BCUT2D eigenvalue weighted by atomic mass is 10.1. The highest BCUT2D eigenvalue weighted by molar-refractivity contribution is 5.75. The zero-order valence-electron chi connectivity index (χ0n) is 8.80. The van der Waals surface area contributed by atoms with Gasteiger partial charge in [-0.3, -0.25) is 14.9 Å². The van der Waals surface area contributed by atoms with Gasteiger partial charge in [-0.25, -0.2) is 0 Å². The normalized spacial score (nSPS) is 17.9. The van der Waals surface area contributed by atoms with Crippen molar-refractivity contribution >= 4 is 11.7 Å². The zero-order chi connectivity index (χ0) is 11.7. The minimum absolute atomic E-state index is 0.101. The number of ether oxygens (including phenoxy) is 1. The first kappa shape index (κ1) is 10.6. The van der Waals surface area contributed by atoms with Crippen LogP contribution in [0.3, 0.4) is 0 Å². The van der Waals surface area contributed by atoms with E-state index in [1.807, 2.05) is 6.07 Å². The van der Waals surface area contributed by atoms with Crippen molar-refractivity contribution in [1.82, 2.24) is 0 Å². The number of fused-ring (bicyclic) bond motifs is 1. The molecule has 0 amide bonds. The van der Waals surface area contributed by atoms with Crippen molar-refractivity contribution in [1.29, 1.82) is 0 Å². The third kappa shape index (κ3) is 1.64. The van der Waals surface area contributed by atoms with Crippen molar-refractivity contribution in [2.75, 3.05) is 7.11 Å². The first-order valence-corrected chi connectivity index (χ1v) is 4.96. The van der Waals surface area contributed by atoms with Crippen LogP contribution in [0.2, 0.25) is 0 Å². The number of rotatable bonds is 2. The van der Waals surface area contributed by atoms with Crippen molar-refractivity contribution in [3.8, 4) is 0 Å². The molecule has 0 unspecified atom stereocenters. The van der Waals surface area contributed by atoms with E-state index in [2.05, 4.69) is 4.74 Å². The maximum absolute atomic E-state index is 11.4. The number of nitrogens with zero attached hydrogens (tertiary/aromatic N) is 1. The molecule has 5 heteroatoms. The van der Waals surface area contributed by atoms with Crippen molar-refractivity contribution in [3.63, 3.8) is 0 Å². The first-order valence-electron chi connectivity index (χ1n) is 4.96. The van der Waals surface area contributed by atoms with Crippen molar-refractivity contribution in [2.24, 2.45) is 5.92 Å². The number of nitro groups is 1. The monoisotopic (exact) mass is 221 g/mol. The Morgan fingerprint density at radius 1 is 1.50 bits per heavy atom. The van der Waals surface area contributed by atoms with Gasteiger partial charge in [0.05, 0.1) is 18.0 Å². The third-order valence-corrected chi connectivity index (χ3v) is 2.90. The van der Waals surface area contributed by atoms with Crippen molar-refractivity contribution < 1.29 is 14.5 Å². The van der Waals surface area contributed by atoms with Gasteiger partial charge in [-0.1, -0.05) is 12.1 Å². The Bertz CT molecular complexity index is 455. The summed E-state index contributed by atoms with van der Waals surface area (Å²) in [6, 6.07) is 4.94. The van der Waals surface area contributed by atoms with Crippen LogP contribution >= 0.6 is 0 Å². The predicted octanol–water partition coefficient (Wildman–Crippen LogP) is 1.48. The van der Waals surface area contributed by atoms with Gasteiger partial charge in [0.1, 0.15) is 0 Å². The number of benzene rings is 1. The van der Waals surface area contributed by atoms with E-state index in [0.29, 0.717) is 18.4 Å². The Balaban J connectivity index is 2.34. The van der Waals surface area contributed by atoms with Crippen LogP contribution in [0.1, 0.15) is 11.1 Å². The molecule has 0 saturated heterocycles. The van der Waals surface area contributed by atoms with Crippen LogP contribution in [0.15, 0.2) is 18.2 Å². The summed E-state index contributed by atoms with van der Waals surface area (Å²) >= 11 is 0. The topological polar surface area (TPSA) is 69.4 Å². The van der Waals surface area contributed by atoms with Gasteiger partial charge in [-0.2, -0.15) is 0 Å². The van der Waals surface area contributed by atoms with E-state index in [9.17, 15) is 14.9 Å². The highest BCUT2D eigenvalue weighted by atomic mass is 16.6. The second kappa shape index (κ2) is 3.92. The summed E-state index contributed by atoms with van der Waals surface area (Å²) in [5, 5.41) is 10.8. The molecule has 2 rings (SSSR count). The summed E-state index contributed by atoms with van der Waals surface area (Å²) in [6.07, 6.45) is 0.933. The molecule has 1 aliphatic carbocycles. The zero-order valence-corrected chi connectivity index (χ0v) is 8.80. The molecule has 84 valence electrons. The molecule has 0 spiro atoms. The second-order valence-electron chi connectivity index (χ2n) is 3.80. The van der Waals surface area contributed by atoms with Crippen LogP contribution in [-0.2, 0) is 22.4 Å². The lowest BCUT2D eigenvalue weighted by Crippen LogP contribution is -2.16. The van der Waals surface area contributed by atoms with Crippen LogP contribution in [0.4, 0.5) is 5.69 Å². The number of esters is 1. The molecule has 0 saturated carbocycles. The van der Waals surface area contributed by atoms with E-state index in [1.54, 1.807) is 6.07 Å². The summed E-state index contributed by atoms with van der Waals surface area (Å²) in [5.41, 5.74) is 1.65. The number of hydrogen-bond donors (Lipinski definition) is 0. The van der Waals surface area contributed by atoms with E-state index >= 15 is 0 Å².